The van der Waals surface area contributed by atoms with Gasteiger partial charge in [0.15, 0.2) is 0 Å². The monoisotopic (exact) mass is 140 g/mol. The van der Waals surface area contributed by atoms with Crippen molar-refractivity contribution in [2.75, 3.05) is 12.4 Å². The molecule has 0 bridgehead atoms. The highest BCUT2D eigenvalue weighted by molar-refractivity contribution is 5.41. The normalized spacial score (nSPS) is 9.50. The van der Waals surface area contributed by atoms with E-state index in [0.29, 0.717) is 5.56 Å². The number of hydrogen-bond acceptors (Lipinski definition) is 2. The Hall–Kier alpha value is -1.12. The van der Waals surface area contributed by atoms with Gasteiger partial charge in [-0.1, -0.05) is 0 Å². The molecular formula is C7H9FN2. The van der Waals surface area contributed by atoms with Crippen molar-refractivity contribution in [2.24, 2.45) is 0 Å². The molecule has 0 aliphatic rings. The van der Waals surface area contributed by atoms with Gasteiger partial charge in [0.1, 0.15) is 0 Å². The van der Waals surface area contributed by atoms with Crippen LogP contribution >= 0.6 is 0 Å². The summed E-state index contributed by atoms with van der Waals surface area (Å²) in [4.78, 5) is 3.52. The van der Waals surface area contributed by atoms with Crippen molar-refractivity contribution in [3.8, 4) is 0 Å². The smallest absolute Gasteiger partial charge is 0.215 e. The lowest BCUT2D eigenvalue weighted by Crippen LogP contribution is -1.93. The second kappa shape index (κ2) is 2.64. The van der Waals surface area contributed by atoms with Crippen LogP contribution in [0.25, 0.3) is 0 Å². The second-order valence-corrected chi connectivity index (χ2v) is 2.08. The molecule has 0 aromatic carbocycles. The quantitative estimate of drug-likeness (QED) is 0.599. The Morgan fingerprint density at radius 1 is 1.60 bits per heavy atom. The fraction of sp³-hybridized carbons (Fsp3) is 0.286. The van der Waals surface area contributed by atoms with E-state index in [1.165, 1.54) is 6.20 Å². The minimum Gasteiger partial charge on any atom is -0.387 e. The van der Waals surface area contributed by atoms with Crippen molar-refractivity contribution >= 4 is 5.69 Å². The molecule has 0 aliphatic heterocycles. The molecule has 1 rings (SSSR count). The Morgan fingerprint density at radius 2 is 2.30 bits per heavy atom. The average Bonchev–Trinajstić information content (AvgIpc) is 1.95. The molecule has 3 heteroatoms. The zero-order chi connectivity index (χ0) is 7.56. The standard InChI is InChI=1S/C7H9FN2/c1-5-3-6(9-2)4-10-7(5)8/h3-4,9H,1-2H3. The van der Waals surface area contributed by atoms with Gasteiger partial charge < -0.3 is 5.32 Å². The number of nitrogens with one attached hydrogen (secondary N) is 1. The largest absolute Gasteiger partial charge is 0.387 e. The summed E-state index contributed by atoms with van der Waals surface area (Å²) < 4.78 is 12.5. The van der Waals surface area contributed by atoms with E-state index in [-0.39, 0.29) is 0 Å². The molecule has 0 spiro atoms. The van der Waals surface area contributed by atoms with E-state index in [1.807, 2.05) is 0 Å². The summed E-state index contributed by atoms with van der Waals surface area (Å²) in [7, 11) is 1.77. The highest BCUT2D eigenvalue weighted by Crippen LogP contribution is 2.08. The molecule has 0 saturated carbocycles. The molecule has 54 valence electrons. The van der Waals surface area contributed by atoms with Crippen LogP contribution in [0.4, 0.5) is 10.1 Å². The van der Waals surface area contributed by atoms with Crippen LogP contribution in [0.15, 0.2) is 12.3 Å². The summed E-state index contributed by atoms with van der Waals surface area (Å²) >= 11 is 0. The van der Waals surface area contributed by atoms with Gasteiger partial charge >= 0.3 is 0 Å². The predicted octanol–water partition coefficient (Wildman–Crippen LogP) is 1.57. The van der Waals surface area contributed by atoms with E-state index >= 15 is 0 Å². The summed E-state index contributed by atoms with van der Waals surface area (Å²) in [5, 5.41) is 2.87. The SMILES string of the molecule is CNc1cnc(F)c(C)c1. The number of anilines is 1. The third-order valence-corrected chi connectivity index (χ3v) is 1.30. The molecule has 1 aromatic heterocycles. The average molecular weight is 140 g/mol. The maximum Gasteiger partial charge on any atom is 0.215 e. The summed E-state index contributed by atoms with van der Waals surface area (Å²) in [6.45, 7) is 1.68. The first-order chi connectivity index (χ1) is 4.74. The molecule has 1 N–H and O–H groups in total. The number of halogens is 1. The number of hydrogen-bond donors (Lipinski definition) is 1. The van der Waals surface area contributed by atoms with E-state index < -0.39 is 5.95 Å². The molecule has 0 saturated heterocycles. The zero-order valence-corrected chi connectivity index (χ0v) is 5.98. The Kier molecular flexibility index (Phi) is 1.85. The fourth-order valence-corrected chi connectivity index (χ4v) is 0.695. The molecule has 0 radical (unpaired) electrons. The maximum atomic E-state index is 12.5. The molecular weight excluding hydrogens is 131 g/mol. The first-order valence-electron chi connectivity index (χ1n) is 3.04. The number of nitrogens with zero attached hydrogens (tertiary/aromatic N) is 1. The van der Waals surface area contributed by atoms with E-state index in [0.717, 1.165) is 5.69 Å². The van der Waals surface area contributed by atoms with Gasteiger partial charge in [-0.15, -0.1) is 0 Å². The number of pyridine rings is 1. The molecule has 10 heavy (non-hydrogen) atoms. The molecule has 2 nitrogen and oxygen atoms in total. The van der Waals surface area contributed by atoms with Gasteiger partial charge in [-0.05, 0) is 13.0 Å². The highest BCUT2D eigenvalue weighted by Gasteiger charge is 1.96. The number of aromatic nitrogens is 1. The van der Waals surface area contributed by atoms with Crippen LogP contribution in [0.5, 0.6) is 0 Å². The maximum absolute atomic E-state index is 12.5. The van der Waals surface area contributed by atoms with Crippen LogP contribution in [-0.2, 0) is 0 Å². The Balaban J connectivity index is 3.04. The van der Waals surface area contributed by atoms with E-state index in [4.69, 9.17) is 0 Å². The minimum absolute atomic E-state index is 0.404. The molecule has 0 fully saturated rings. The first kappa shape index (κ1) is 6.99. The summed E-state index contributed by atoms with van der Waals surface area (Å²) in [5.41, 5.74) is 1.39. The number of aryl methyl sites for hydroxylation is 1. The lowest BCUT2D eigenvalue weighted by molar-refractivity contribution is 0.575. The predicted molar refractivity (Wildman–Crippen MR) is 38.5 cm³/mol. The Labute approximate surface area is 59.1 Å². The molecule has 0 amide bonds. The van der Waals surface area contributed by atoms with Gasteiger partial charge in [0, 0.05) is 12.6 Å². The van der Waals surface area contributed by atoms with E-state index in [2.05, 4.69) is 10.3 Å². The van der Waals surface area contributed by atoms with Crippen molar-refractivity contribution in [1.29, 1.82) is 0 Å². The van der Waals surface area contributed by atoms with Crippen LogP contribution < -0.4 is 5.32 Å². The van der Waals surface area contributed by atoms with Crippen molar-refractivity contribution < 1.29 is 4.39 Å². The van der Waals surface area contributed by atoms with Gasteiger partial charge in [0.05, 0.1) is 11.9 Å². The lowest BCUT2D eigenvalue weighted by Gasteiger charge is -1.99. The van der Waals surface area contributed by atoms with Gasteiger partial charge in [0.25, 0.3) is 0 Å². The molecule has 0 unspecified atom stereocenters. The molecule has 0 atom stereocenters. The van der Waals surface area contributed by atoms with E-state index in [1.54, 1.807) is 20.0 Å². The third-order valence-electron chi connectivity index (χ3n) is 1.30. The van der Waals surface area contributed by atoms with Crippen LogP contribution in [0.2, 0.25) is 0 Å². The van der Waals surface area contributed by atoms with Crippen LogP contribution in [0.1, 0.15) is 5.56 Å². The van der Waals surface area contributed by atoms with Crippen LogP contribution in [0, 0.1) is 12.9 Å². The van der Waals surface area contributed by atoms with Crippen molar-refractivity contribution in [2.45, 2.75) is 6.92 Å². The van der Waals surface area contributed by atoms with Gasteiger partial charge in [-0.2, -0.15) is 4.39 Å². The minimum atomic E-state index is -0.404. The van der Waals surface area contributed by atoms with Gasteiger partial charge in [0.2, 0.25) is 5.95 Å². The molecule has 0 aliphatic carbocycles. The highest BCUT2D eigenvalue weighted by atomic mass is 19.1. The van der Waals surface area contributed by atoms with E-state index in [9.17, 15) is 4.39 Å². The van der Waals surface area contributed by atoms with Crippen LogP contribution in [-0.4, -0.2) is 12.0 Å². The number of rotatable bonds is 1. The third kappa shape index (κ3) is 1.23. The van der Waals surface area contributed by atoms with Crippen molar-refractivity contribution in [3.05, 3.63) is 23.8 Å². The van der Waals surface area contributed by atoms with Gasteiger partial charge in [-0.3, -0.25) is 0 Å². The lowest BCUT2D eigenvalue weighted by atomic mass is 10.3. The zero-order valence-electron chi connectivity index (χ0n) is 5.98. The molecule has 1 heterocycles. The summed E-state index contributed by atoms with van der Waals surface area (Å²) in [6, 6.07) is 1.71. The summed E-state index contributed by atoms with van der Waals surface area (Å²) in [5.74, 6) is -0.404. The topological polar surface area (TPSA) is 24.9 Å². The first-order valence-corrected chi connectivity index (χ1v) is 3.04. The molecule has 1 aromatic rings. The Morgan fingerprint density at radius 3 is 2.80 bits per heavy atom. The Bertz CT molecular complexity index is 235. The van der Waals surface area contributed by atoms with Crippen molar-refractivity contribution in [3.63, 3.8) is 0 Å². The van der Waals surface area contributed by atoms with Crippen LogP contribution in [0.3, 0.4) is 0 Å². The summed E-state index contributed by atoms with van der Waals surface area (Å²) in [6.07, 6.45) is 1.46. The van der Waals surface area contributed by atoms with Crippen molar-refractivity contribution in [1.82, 2.24) is 4.98 Å². The fourth-order valence-electron chi connectivity index (χ4n) is 0.695. The van der Waals surface area contributed by atoms with Gasteiger partial charge in [-0.25, -0.2) is 4.98 Å². The second-order valence-electron chi connectivity index (χ2n) is 2.08.